The summed E-state index contributed by atoms with van der Waals surface area (Å²) in [7, 11) is 0. The van der Waals surface area contributed by atoms with Gasteiger partial charge in [0.15, 0.2) is 5.78 Å². The second-order valence-electron chi connectivity index (χ2n) is 11.7. The van der Waals surface area contributed by atoms with E-state index in [2.05, 4.69) is 41.6 Å². The monoisotopic (exact) mass is 596 g/mol. The molecular formula is C38H48N2O4. The van der Waals surface area contributed by atoms with E-state index in [-0.39, 0.29) is 24.4 Å². The second kappa shape index (κ2) is 18.9. The molecule has 1 fully saturated rings. The Morgan fingerprint density at radius 2 is 1.82 bits per heavy atom. The highest BCUT2D eigenvalue weighted by atomic mass is 16.5. The summed E-state index contributed by atoms with van der Waals surface area (Å²) in [6.45, 7) is 9.75. The molecule has 2 aromatic carbocycles. The average Bonchev–Trinajstić information content (AvgIpc) is 3.18. The molecule has 44 heavy (non-hydrogen) atoms. The number of carbonyl (C=O) groups is 3. The average molecular weight is 597 g/mol. The van der Waals surface area contributed by atoms with Crippen LogP contribution in [0, 0.1) is 29.6 Å². The van der Waals surface area contributed by atoms with Crippen molar-refractivity contribution in [3.8, 4) is 11.8 Å². The Labute approximate surface area is 263 Å². The number of hydrogen-bond donors (Lipinski definition) is 1. The lowest BCUT2D eigenvalue weighted by Crippen LogP contribution is -2.28. The predicted molar refractivity (Wildman–Crippen MR) is 179 cm³/mol. The lowest BCUT2D eigenvalue weighted by molar-refractivity contribution is -0.132. The van der Waals surface area contributed by atoms with Gasteiger partial charge in [-0.3, -0.25) is 14.4 Å². The number of benzene rings is 2. The van der Waals surface area contributed by atoms with Crippen LogP contribution in [0.4, 0.5) is 0 Å². The minimum atomic E-state index is -0.935. The first kappa shape index (κ1) is 34.8. The Balaban J connectivity index is 1.66. The maximum Gasteiger partial charge on any atom is 0.255 e. The van der Waals surface area contributed by atoms with E-state index in [1.54, 1.807) is 19.1 Å². The number of rotatable bonds is 13. The summed E-state index contributed by atoms with van der Waals surface area (Å²) in [6, 6.07) is 13.6. The van der Waals surface area contributed by atoms with Gasteiger partial charge in [-0.05, 0) is 86.7 Å². The topological polar surface area (TPSA) is 98.8 Å². The molecule has 0 spiro atoms. The molecule has 6 heteroatoms. The number of aliphatic imine (C=N–C) groups is 1. The molecule has 1 saturated heterocycles. The summed E-state index contributed by atoms with van der Waals surface area (Å²) in [5, 5.41) is 0. The van der Waals surface area contributed by atoms with E-state index in [1.165, 1.54) is 31.0 Å². The molecule has 3 unspecified atom stereocenters. The highest BCUT2D eigenvalue weighted by Crippen LogP contribution is 2.24. The first-order valence-electron chi connectivity index (χ1n) is 16.1. The van der Waals surface area contributed by atoms with Crippen LogP contribution in [0.1, 0.15) is 104 Å². The third kappa shape index (κ3) is 11.1. The van der Waals surface area contributed by atoms with Crippen LogP contribution in [0.2, 0.25) is 0 Å². The molecule has 1 amide bonds. The van der Waals surface area contributed by atoms with Crippen LogP contribution in [0.3, 0.4) is 0 Å². The minimum absolute atomic E-state index is 0.120. The molecule has 0 radical (unpaired) electrons. The van der Waals surface area contributed by atoms with Crippen molar-refractivity contribution in [3.63, 3.8) is 0 Å². The number of hydrogen-bond acceptors (Lipinski definition) is 5. The molecule has 0 aromatic heterocycles. The van der Waals surface area contributed by atoms with Crippen molar-refractivity contribution >= 4 is 29.8 Å². The van der Waals surface area contributed by atoms with Crippen LogP contribution in [0.5, 0.6) is 0 Å². The number of carbonyl (C=O) groups excluding carboxylic acids is 3. The van der Waals surface area contributed by atoms with Crippen molar-refractivity contribution in [2.75, 3.05) is 19.8 Å². The SMILES string of the molecule is C=Cc1cc(CC2CCCCOCCC2)ccc1C#Cc1ccc(C(=O)C(C)CC(C(=O)CCCN)C(=O)N=CCC)cc1. The smallest absolute Gasteiger partial charge is 0.255 e. The summed E-state index contributed by atoms with van der Waals surface area (Å²) in [5.74, 6) is 4.89. The first-order valence-corrected chi connectivity index (χ1v) is 16.1. The van der Waals surface area contributed by atoms with Crippen molar-refractivity contribution in [2.24, 2.45) is 28.5 Å². The highest BCUT2D eigenvalue weighted by Gasteiger charge is 2.30. The van der Waals surface area contributed by atoms with Crippen LogP contribution >= 0.6 is 0 Å². The quantitative estimate of drug-likeness (QED) is 0.116. The van der Waals surface area contributed by atoms with Crippen molar-refractivity contribution in [1.29, 1.82) is 0 Å². The molecule has 0 bridgehead atoms. The van der Waals surface area contributed by atoms with Crippen molar-refractivity contribution in [1.82, 2.24) is 0 Å². The zero-order chi connectivity index (χ0) is 31.7. The molecule has 6 nitrogen and oxygen atoms in total. The summed E-state index contributed by atoms with van der Waals surface area (Å²) >= 11 is 0. The lowest BCUT2D eigenvalue weighted by atomic mass is 9.85. The van der Waals surface area contributed by atoms with Gasteiger partial charge in [0.2, 0.25) is 0 Å². The van der Waals surface area contributed by atoms with E-state index in [9.17, 15) is 14.4 Å². The number of nitrogens with zero attached hydrogens (tertiary/aromatic N) is 1. The van der Waals surface area contributed by atoms with Gasteiger partial charge in [0.1, 0.15) is 5.78 Å². The molecule has 2 N–H and O–H groups in total. The third-order valence-electron chi connectivity index (χ3n) is 8.18. The molecule has 234 valence electrons. The highest BCUT2D eigenvalue weighted by molar-refractivity contribution is 6.05. The van der Waals surface area contributed by atoms with Gasteiger partial charge < -0.3 is 10.5 Å². The van der Waals surface area contributed by atoms with Crippen LogP contribution in [0.15, 0.2) is 54.0 Å². The largest absolute Gasteiger partial charge is 0.381 e. The van der Waals surface area contributed by atoms with Gasteiger partial charge >= 0.3 is 0 Å². The molecule has 1 aliphatic heterocycles. The van der Waals surface area contributed by atoms with E-state index in [0.29, 0.717) is 30.9 Å². The Kier molecular flexibility index (Phi) is 14.9. The number of nitrogens with two attached hydrogens (primary N) is 1. The van der Waals surface area contributed by atoms with Crippen molar-refractivity contribution < 1.29 is 19.1 Å². The standard InChI is InChI=1S/C38H48N2O4/c1-4-22-40-38(43)35(36(41)12-8-21-39)25-28(3)37(42)34-19-14-29(15-20-34)13-17-33-18-16-31(27-32(33)5-2)26-30-10-6-7-23-44-24-9-11-30/h5,14-16,18-20,22,27-28,30,35H,2,4,6-12,21,23-26,39H2,1,3H3. The van der Waals surface area contributed by atoms with E-state index in [1.807, 2.05) is 25.1 Å². The fourth-order valence-electron chi connectivity index (χ4n) is 5.61. The minimum Gasteiger partial charge on any atom is -0.381 e. The molecule has 0 aliphatic carbocycles. The van der Waals surface area contributed by atoms with E-state index >= 15 is 0 Å². The van der Waals surface area contributed by atoms with E-state index < -0.39 is 17.7 Å². The fourth-order valence-corrected chi connectivity index (χ4v) is 5.61. The van der Waals surface area contributed by atoms with Crippen LogP contribution in [-0.2, 0) is 20.7 Å². The molecule has 2 aromatic rings. The Morgan fingerprint density at radius 1 is 1.07 bits per heavy atom. The summed E-state index contributed by atoms with van der Waals surface area (Å²) < 4.78 is 5.67. The molecule has 3 rings (SSSR count). The molecular weight excluding hydrogens is 548 g/mol. The van der Waals surface area contributed by atoms with E-state index in [4.69, 9.17) is 10.5 Å². The third-order valence-corrected chi connectivity index (χ3v) is 8.18. The van der Waals surface area contributed by atoms with Crippen LogP contribution in [0.25, 0.3) is 6.08 Å². The van der Waals surface area contributed by atoms with Gasteiger partial charge in [0, 0.05) is 48.5 Å². The Morgan fingerprint density at radius 3 is 2.55 bits per heavy atom. The summed E-state index contributed by atoms with van der Waals surface area (Å²) in [4.78, 5) is 42.5. The number of ketones is 2. The van der Waals surface area contributed by atoms with Gasteiger partial charge in [0.05, 0.1) is 5.92 Å². The fraction of sp³-hybridized carbons (Fsp3) is 0.474. The van der Waals surface area contributed by atoms with Crippen LogP contribution < -0.4 is 5.73 Å². The summed E-state index contributed by atoms with van der Waals surface area (Å²) in [6.07, 6.45) is 11.8. The first-order chi connectivity index (χ1) is 21.4. The van der Waals surface area contributed by atoms with Crippen molar-refractivity contribution in [3.05, 3.63) is 76.9 Å². The van der Waals surface area contributed by atoms with Gasteiger partial charge in [0.25, 0.3) is 5.91 Å². The number of amides is 1. The van der Waals surface area contributed by atoms with Gasteiger partial charge in [-0.2, -0.15) is 0 Å². The second-order valence-corrected chi connectivity index (χ2v) is 11.7. The molecule has 3 atom stereocenters. The zero-order valence-electron chi connectivity index (χ0n) is 26.5. The van der Waals surface area contributed by atoms with Crippen molar-refractivity contribution in [2.45, 2.75) is 78.1 Å². The normalized spacial score (nSPS) is 16.9. The Bertz CT molecular complexity index is 1340. The maximum atomic E-state index is 13.2. The van der Waals surface area contributed by atoms with Gasteiger partial charge in [-0.1, -0.05) is 75.5 Å². The number of ether oxygens (including phenoxy) is 1. The maximum absolute atomic E-state index is 13.2. The molecule has 1 aliphatic rings. The lowest BCUT2D eigenvalue weighted by Gasteiger charge is -2.17. The number of Topliss-reactive ketones (excluding diaryl/α,β-unsaturated/α-hetero) is 2. The van der Waals surface area contributed by atoms with E-state index in [0.717, 1.165) is 49.2 Å². The van der Waals surface area contributed by atoms with Gasteiger partial charge in [-0.25, -0.2) is 4.99 Å². The zero-order valence-corrected chi connectivity index (χ0v) is 26.5. The van der Waals surface area contributed by atoms with Gasteiger partial charge in [-0.15, -0.1) is 0 Å². The molecule has 0 saturated carbocycles. The van der Waals surface area contributed by atoms with Crippen LogP contribution in [-0.4, -0.2) is 43.4 Å². The molecule has 1 heterocycles. The Hall–Kier alpha value is -3.66. The summed E-state index contributed by atoms with van der Waals surface area (Å²) in [5.41, 5.74) is 10.1. The predicted octanol–water partition coefficient (Wildman–Crippen LogP) is 7.01.